The van der Waals surface area contributed by atoms with Crippen LogP contribution in [0.3, 0.4) is 0 Å². The molecule has 1 amide bonds. The molecule has 1 aromatic carbocycles. The van der Waals surface area contributed by atoms with Gasteiger partial charge >= 0.3 is 0 Å². The molecular weight excluding hydrogens is 356 g/mol. The van der Waals surface area contributed by atoms with E-state index in [0.29, 0.717) is 35.7 Å². The maximum atomic E-state index is 13.1. The number of benzene rings is 1. The topological polar surface area (TPSA) is 137 Å². The van der Waals surface area contributed by atoms with Gasteiger partial charge in [-0.05, 0) is 37.1 Å². The molecule has 144 valence electrons. The average Bonchev–Trinajstić information content (AvgIpc) is 2.73. The van der Waals surface area contributed by atoms with Crippen LogP contribution in [0.4, 0.5) is 11.5 Å². The number of hydrogen-bond donors (Lipinski definition) is 3. The number of hydrogen-bond acceptors (Lipinski definition) is 7. The van der Waals surface area contributed by atoms with Crippen LogP contribution in [0.25, 0.3) is 0 Å². The van der Waals surface area contributed by atoms with Crippen LogP contribution in [0.1, 0.15) is 28.8 Å². The molecule has 0 saturated carbocycles. The molecule has 1 aromatic heterocycles. The number of amides is 1. The SMILES string of the molecule is N#Cc1ccnc(N[C@@H]2CCCN(C(=O)c3ccccc3N(N)/N=C\N)C2)c1. The van der Waals surface area contributed by atoms with Crippen LogP contribution in [0.15, 0.2) is 47.7 Å². The van der Waals surface area contributed by atoms with Crippen LogP contribution < -0.4 is 22.0 Å². The first-order valence-electron chi connectivity index (χ1n) is 8.92. The van der Waals surface area contributed by atoms with Gasteiger partial charge in [-0.1, -0.05) is 12.1 Å². The van der Waals surface area contributed by atoms with Crippen molar-refractivity contribution in [2.45, 2.75) is 18.9 Å². The number of nitrogens with two attached hydrogens (primary N) is 2. The van der Waals surface area contributed by atoms with Gasteiger partial charge in [-0.25, -0.2) is 10.8 Å². The van der Waals surface area contributed by atoms with E-state index >= 15 is 0 Å². The second-order valence-corrected chi connectivity index (χ2v) is 6.40. The maximum absolute atomic E-state index is 13.1. The number of para-hydroxylation sites is 1. The minimum atomic E-state index is -0.122. The van der Waals surface area contributed by atoms with Crippen molar-refractivity contribution >= 4 is 23.8 Å². The number of rotatable bonds is 5. The number of nitriles is 1. The molecule has 2 heterocycles. The molecule has 0 spiro atoms. The highest BCUT2D eigenvalue weighted by molar-refractivity contribution is 5.99. The van der Waals surface area contributed by atoms with Crippen molar-refractivity contribution < 1.29 is 4.79 Å². The zero-order valence-electron chi connectivity index (χ0n) is 15.3. The minimum absolute atomic E-state index is 0.0438. The van der Waals surface area contributed by atoms with Crippen LogP contribution >= 0.6 is 0 Å². The highest BCUT2D eigenvalue weighted by Crippen LogP contribution is 2.23. The number of carbonyl (C=O) groups is 1. The zero-order valence-corrected chi connectivity index (χ0v) is 15.3. The molecule has 1 fully saturated rings. The monoisotopic (exact) mass is 378 g/mol. The fourth-order valence-electron chi connectivity index (χ4n) is 3.23. The Balaban J connectivity index is 1.74. The van der Waals surface area contributed by atoms with Crippen LogP contribution in [-0.2, 0) is 0 Å². The standard InChI is InChI=1S/C19H22N8O/c20-11-14-7-8-23-18(10-14)25-15-4-3-9-26(12-15)19(28)16-5-1-2-6-17(16)27(22)24-13-21/h1-2,5-8,10,13,15H,3-4,9,12,22H2,(H2,21,24)(H,23,25)/t15-/m1/s1. The van der Waals surface area contributed by atoms with Gasteiger partial charge in [0, 0.05) is 25.3 Å². The summed E-state index contributed by atoms with van der Waals surface area (Å²) >= 11 is 0. The van der Waals surface area contributed by atoms with Gasteiger partial charge in [0.25, 0.3) is 5.91 Å². The number of hydrazine groups is 1. The Morgan fingerprint density at radius 1 is 1.43 bits per heavy atom. The molecule has 9 nitrogen and oxygen atoms in total. The molecule has 3 rings (SSSR count). The second kappa shape index (κ2) is 8.83. The Kier molecular flexibility index (Phi) is 6.04. The summed E-state index contributed by atoms with van der Waals surface area (Å²) in [6.07, 6.45) is 4.43. The van der Waals surface area contributed by atoms with Gasteiger partial charge < -0.3 is 16.0 Å². The third-order valence-corrected chi connectivity index (χ3v) is 4.52. The Labute approximate surface area is 163 Å². The number of pyridine rings is 1. The van der Waals surface area contributed by atoms with Crippen LogP contribution in [0.2, 0.25) is 0 Å². The average molecular weight is 378 g/mol. The number of aromatic nitrogens is 1. The van der Waals surface area contributed by atoms with Gasteiger partial charge in [0.15, 0.2) is 0 Å². The predicted molar refractivity (Wildman–Crippen MR) is 107 cm³/mol. The third-order valence-electron chi connectivity index (χ3n) is 4.52. The van der Waals surface area contributed by atoms with Gasteiger partial charge in [0.05, 0.1) is 22.9 Å². The Hall–Kier alpha value is -3.64. The molecule has 2 aromatic rings. The summed E-state index contributed by atoms with van der Waals surface area (Å²) in [5.41, 5.74) is 6.78. The van der Waals surface area contributed by atoms with Gasteiger partial charge in [-0.2, -0.15) is 10.4 Å². The summed E-state index contributed by atoms with van der Waals surface area (Å²) in [4.78, 5) is 19.1. The largest absolute Gasteiger partial charge is 0.388 e. The van der Waals surface area contributed by atoms with Crippen molar-refractivity contribution in [3.63, 3.8) is 0 Å². The van der Waals surface area contributed by atoms with Gasteiger partial charge in [-0.15, -0.1) is 5.10 Å². The molecule has 0 bridgehead atoms. The number of hydrazone groups is 1. The first-order chi connectivity index (χ1) is 13.6. The fraction of sp³-hybridized carbons (Fsp3) is 0.263. The molecular formula is C19H22N8O. The smallest absolute Gasteiger partial charge is 0.256 e. The van der Waals surface area contributed by atoms with Crippen molar-refractivity contribution in [3.8, 4) is 6.07 Å². The van der Waals surface area contributed by atoms with Crippen LogP contribution in [0.5, 0.6) is 0 Å². The lowest BCUT2D eigenvalue weighted by atomic mass is 10.0. The van der Waals surface area contributed by atoms with E-state index in [2.05, 4.69) is 21.5 Å². The maximum Gasteiger partial charge on any atom is 0.256 e. The Morgan fingerprint density at radius 3 is 3.04 bits per heavy atom. The lowest BCUT2D eigenvalue weighted by Gasteiger charge is -2.34. The molecule has 1 aliphatic rings. The van der Waals surface area contributed by atoms with Gasteiger partial charge in [-0.3, -0.25) is 4.79 Å². The minimum Gasteiger partial charge on any atom is -0.388 e. The van der Waals surface area contributed by atoms with E-state index in [1.165, 1.54) is 0 Å². The molecule has 1 saturated heterocycles. The first kappa shape index (κ1) is 19.1. The number of anilines is 2. The fourth-order valence-corrected chi connectivity index (χ4v) is 3.23. The normalized spacial score (nSPS) is 16.6. The number of likely N-dealkylation sites (tertiary alicyclic amines) is 1. The van der Waals surface area contributed by atoms with E-state index in [1.54, 1.807) is 47.5 Å². The highest BCUT2D eigenvalue weighted by atomic mass is 16.2. The van der Waals surface area contributed by atoms with Crippen molar-refractivity contribution in [1.29, 1.82) is 5.26 Å². The summed E-state index contributed by atoms with van der Waals surface area (Å²) < 4.78 is 0. The number of carbonyl (C=O) groups excluding carboxylic acids is 1. The van der Waals surface area contributed by atoms with Crippen molar-refractivity contribution in [2.75, 3.05) is 23.5 Å². The highest BCUT2D eigenvalue weighted by Gasteiger charge is 2.26. The second-order valence-electron chi connectivity index (χ2n) is 6.40. The lowest BCUT2D eigenvalue weighted by molar-refractivity contribution is 0.0715. The van der Waals surface area contributed by atoms with E-state index in [9.17, 15) is 4.79 Å². The van der Waals surface area contributed by atoms with E-state index in [-0.39, 0.29) is 11.9 Å². The Bertz CT molecular complexity index is 907. The number of nitrogens with zero attached hydrogens (tertiary/aromatic N) is 5. The van der Waals surface area contributed by atoms with E-state index in [4.69, 9.17) is 16.8 Å². The Morgan fingerprint density at radius 2 is 2.25 bits per heavy atom. The molecule has 0 radical (unpaired) electrons. The molecule has 28 heavy (non-hydrogen) atoms. The van der Waals surface area contributed by atoms with E-state index in [1.807, 2.05) is 0 Å². The summed E-state index contributed by atoms with van der Waals surface area (Å²) in [6, 6.07) is 12.5. The van der Waals surface area contributed by atoms with Crippen LogP contribution in [0, 0.1) is 11.3 Å². The first-order valence-corrected chi connectivity index (χ1v) is 8.92. The quantitative estimate of drug-likeness (QED) is 0.308. The molecule has 5 N–H and O–H groups in total. The van der Waals surface area contributed by atoms with Crippen molar-refractivity contribution in [3.05, 3.63) is 53.7 Å². The molecule has 0 aliphatic carbocycles. The molecule has 9 heteroatoms. The summed E-state index contributed by atoms with van der Waals surface area (Å²) in [5, 5.41) is 17.2. The van der Waals surface area contributed by atoms with E-state index in [0.717, 1.165) is 24.3 Å². The van der Waals surface area contributed by atoms with Crippen molar-refractivity contribution in [2.24, 2.45) is 16.7 Å². The number of nitrogens with one attached hydrogen (secondary N) is 1. The summed E-state index contributed by atoms with van der Waals surface area (Å²) in [5.74, 6) is 6.38. The van der Waals surface area contributed by atoms with Gasteiger partial charge in [0.1, 0.15) is 12.2 Å². The number of piperidine rings is 1. The zero-order chi connectivity index (χ0) is 19.9. The predicted octanol–water partition coefficient (Wildman–Crippen LogP) is 1.25. The molecule has 1 atom stereocenters. The lowest BCUT2D eigenvalue weighted by Crippen LogP contribution is -2.45. The summed E-state index contributed by atoms with van der Waals surface area (Å²) in [6.45, 7) is 1.18. The third kappa shape index (κ3) is 4.36. The summed E-state index contributed by atoms with van der Waals surface area (Å²) in [7, 11) is 0. The molecule has 0 unspecified atom stereocenters. The molecule has 1 aliphatic heterocycles. The van der Waals surface area contributed by atoms with Gasteiger partial charge in [0.2, 0.25) is 0 Å². The van der Waals surface area contributed by atoms with Crippen molar-refractivity contribution in [1.82, 2.24) is 9.88 Å². The van der Waals surface area contributed by atoms with Crippen LogP contribution in [-0.4, -0.2) is 41.3 Å². The van der Waals surface area contributed by atoms with E-state index < -0.39 is 0 Å².